The van der Waals surface area contributed by atoms with E-state index in [9.17, 15) is 9.18 Å². The molecule has 0 bridgehead atoms. The third-order valence-electron chi connectivity index (χ3n) is 5.83. The van der Waals surface area contributed by atoms with Crippen molar-refractivity contribution < 1.29 is 13.9 Å². The molecule has 1 fully saturated rings. The van der Waals surface area contributed by atoms with Gasteiger partial charge in [0.15, 0.2) is 6.61 Å². The standard InChI is InChI=1S/C23H26ClFN6O2/c1-16-11-31(17(2)10-29(16)12-18-3-6-21(25)7-4-18)23(32)14-33-22-8-5-20(24)9-19(22)13-30-15-26-27-28-30/h3-9,15-17H,10-14H2,1-2H3. The molecule has 0 radical (unpaired) electrons. The molecule has 2 heterocycles. The van der Waals surface area contributed by atoms with E-state index < -0.39 is 0 Å². The van der Waals surface area contributed by atoms with Crippen LogP contribution in [0.1, 0.15) is 25.0 Å². The van der Waals surface area contributed by atoms with Gasteiger partial charge in [-0.15, -0.1) is 5.10 Å². The van der Waals surface area contributed by atoms with E-state index in [1.54, 1.807) is 35.0 Å². The second-order valence-corrected chi connectivity index (χ2v) is 8.78. The minimum atomic E-state index is -0.239. The molecule has 174 valence electrons. The van der Waals surface area contributed by atoms with Gasteiger partial charge < -0.3 is 9.64 Å². The molecular weight excluding hydrogens is 447 g/mol. The van der Waals surface area contributed by atoms with Crippen LogP contribution in [-0.4, -0.2) is 67.7 Å². The van der Waals surface area contributed by atoms with Crippen LogP contribution in [-0.2, 0) is 17.9 Å². The Kier molecular flexibility index (Phi) is 7.20. The van der Waals surface area contributed by atoms with Gasteiger partial charge in [0, 0.05) is 42.3 Å². The van der Waals surface area contributed by atoms with Crippen LogP contribution in [0.25, 0.3) is 0 Å². The maximum Gasteiger partial charge on any atom is 0.260 e. The van der Waals surface area contributed by atoms with Crippen LogP contribution in [0.5, 0.6) is 5.75 Å². The van der Waals surface area contributed by atoms with Gasteiger partial charge in [-0.3, -0.25) is 9.69 Å². The van der Waals surface area contributed by atoms with Crippen molar-refractivity contribution in [2.45, 2.75) is 39.0 Å². The summed E-state index contributed by atoms with van der Waals surface area (Å²) >= 11 is 6.14. The third-order valence-corrected chi connectivity index (χ3v) is 6.07. The Balaban J connectivity index is 1.36. The fourth-order valence-electron chi connectivity index (χ4n) is 4.05. The van der Waals surface area contributed by atoms with E-state index in [1.165, 1.54) is 18.5 Å². The molecule has 0 saturated carbocycles. The van der Waals surface area contributed by atoms with Gasteiger partial charge in [0.1, 0.15) is 17.9 Å². The number of benzene rings is 2. The predicted octanol–water partition coefficient (Wildman–Crippen LogP) is 3.01. The highest BCUT2D eigenvalue weighted by Crippen LogP contribution is 2.24. The minimum absolute atomic E-state index is 0.0312. The van der Waals surface area contributed by atoms with Crippen molar-refractivity contribution in [3.8, 4) is 5.75 Å². The molecule has 33 heavy (non-hydrogen) atoms. The zero-order chi connectivity index (χ0) is 23.4. The summed E-state index contributed by atoms with van der Waals surface area (Å²) in [5.74, 6) is 0.260. The van der Waals surface area contributed by atoms with Crippen molar-refractivity contribution >= 4 is 17.5 Å². The Hall–Kier alpha value is -3.04. The highest BCUT2D eigenvalue weighted by molar-refractivity contribution is 6.30. The number of halogens is 2. The van der Waals surface area contributed by atoms with Crippen molar-refractivity contribution in [3.63, 3.8) is 0 Å². The summed E-state index contributed by atoms with van der Waals surface area (Å²) in [5.41, 5.74) is 1.84. The molecule has 3 aromatic rings. The Morgan fingerprint density at radius 3 is 2.64 bits per heavy atom. The first kappa shape index (κ1) is 23.1. The Morgan fingerprint density at radius 1 is 1.12 bits per heavy atom. The number of hydrogen-bond donors (Lipinski definition) is 0. The summed E-state index contributed by atoms with van der Waals surface area (Å²) in [6, 6.07) is 12.0. The van der Waals surface area contributed by atoms with Crippen molar-refractivity contribution in [2.24, 2.45) is 0 Å². The molecule has 8 nitrogen and oxygen atoms in total. The van der Waals surface area contributed by atoms with E-state index in [1.807, 2.05) is 11.8 Å². The van der Waals surface area contributed by atoms with E-state index in [4.69, 9.17) is 16.3 Å². The topological polar surface area (TPSA) is 76.4 Å². The molecule has 2 unspecified atom stereocenters. The Labute approximate surface area is 196 Å². The quantitative estimate of drug-likeness (QED) is 0.526. The summed E-state index contributed by atoms with van der Waals surface area (Å²) < 4.78 is 20.6. The molecule has 2 atom stereocenters. The van der Waals surface area contributed by atoms with Gasteiger partial charge in [-0.25, -0.2) is 9.07 Å². The van der Waals surface area contributed by atoms with Crippen molar-refractivity contribution in [2.75, 3.05) is 19.7 Å². The molecule has 1 saturated heterocycles. The summed E-state index contributed by atoms with van der Waals surface area (Å²) in [5, 5.41) is 11.7. The van der Waals surface area contributed by atoms with Crippen LogP contribution in [0, 0.1) is 5.82 Å². The maximum absolute atomic E-state index is 13.2. The monoisotopic (exact) mass is 472 g/mol. The average molecular weight is 473 g/mol. The highest BCUT2D eigenvalue weighted by Gasteiger charge is 2.32. The van der Waals surface area contributed by atoms with E-state index >= 15 is 0 Å². The zero-order valence-corrected chi connectivity index (χ0v) is 19.3. The van der Waals surface area contributed by atoms with Crippen molar-refractivity contribution in [1.29, 1.82) is 0 Å². The molecule has 1 aliphatic heterocycles. The number of aromatic nitrogens is 4. The van der Waals surface area contributed by atoms with E-state index in [0.717, 1.165) is 24.2 Å². The number of ether oxygens (including phenoxy) is 1. The van der Waals surface area contributed by atoms with Gasteiger partial charge in [-0.1, -0.05) is 23.7 Å². The molecule has 0 aliphatic carbocycles. The van der Waals surface area contributed by atoms with Crippen LogP contribution in [0.2, 0.25) is 5.02 Å². The fourth-order valence-corrected chi connectivity index (χ4v) is 4.25. The smallest absolute Gasteiger partial charge is 0.260 e. The number of piperazine rings is 1. The first-order valence-corrected chi connectivity index (χ1v) is 11.2. The van der Waals surface area contributed by atoms with Crippen molar-refractivity contribution in [3.05, 3.63) is 70.8 Å². The zero-order valence-electron chi connectivity index (χ0n) is 18.6. The lowest BCUT2D eigenvalue weighted by atomic mass is 10.1. The van der Waals surface area contributed by atoms with Gasteiger partial charge >= 0.3 is 0 Å². The number of nitrogens with zero attached hydrogens (tertiary/aromatic N) is 6. The molecular formula is C23H26ClFN6O2. The normalized spacial score (nSPS) is 19.0. The number of rotatable bonds is 7. The third kappa shape index (κ3) is 5.85. The van der Waals surface area contributed by atoms with Crippen LogP contribution < -0.4 is 4.74 Å². The highest BCUT2D eigenvalue weighted by atomic mass is 35.5. The Bertz CT molecular complexity index is 1080. The number of amides is 1. The Morgan fingerprint density at radius 2 is 1.91 bits per heavy atom. The summed E-state index contributed by atoms with van der Waals surface area (Å²) in [4.78, 5) is 17.2. The van der Waals surface area contributed by atoms with Crippen LogP contribution in [0.4, 0.5) is 4.39 Å². The van der Waals surface area contributed by atoms with Crippen LogP contribution in [0.3, 0.4) is 0 Å². The maximum atomic E-state index is 13.2. The molecule has 1 aromatic heterocycles. The number of carbonyl (C=O) groups excluding carboxylic acids is 1. The van der Waals surface area contributed by atoms with Gasteiger partial charge in [0.05, 0.1) is 6.54 Å². The predicted molar refractivity (Wildman–Crippen MR) is 121 cm³/mol. The van der Waals surface area contributed by atoms with Crippen molar-refractivity contribution in [1.82, 2.24) is 30.0 Å². The first-order valence-electron chi connectivity index (χ1n) is 10.8. The lowest BCUT2D eigenvalue weighted by Gasteiger charge is -2.44. The van der Waals surface area contributed by atoms with Gasteiger partial charge in [0.25, 0.3) is 5.91 Å². The average Bonchev–Trinajstić information content (AvgIpc) is 3.30. The summed E-state index contributed by atoms with van der Waals surface area (Å²) in [6.07, 6.45) is 1.50. The molecule has 2 aromatic carbocycles. The summed E-state index contributed by atoms with van der Waals surface area (Å²) in [7, 11) is 0. The SMILES string of the molecule is CC1CN(C(=O)COc2ccc(Cl)cc2Cn2cnnn2)C(C)CN1Cc1ccc(F)cc1. The summed E-state index contributed by atoms with van der Waals surface area (Å²) in [6.45, 7) is 6.49. The van der Waals surface area contributed by atoms with Crippen LogP contribution in [0.15, 0.2) is 48.8 Å². The minimum Gasteiger partial charge on any atom is -0.483 e. The van der Waals surface area contributed by atoms with Gasteiger partial charge in [-0.2, -0.15) is 0 Å². The number of carbonyl (C=O) groups is 1. The van der Waals surface area contributed by atoms with E-state index in [-0.39, 0.29) is 30.4 Å². The van der Waals surface area contributed by atoms with Gasteiger partial charge in [0.2, 0.25) is 0 Å². The fraction of sp³-hybridized carbons (Fsp3) is 0.391. The van der Waals surface area contributed by atoms with Gasteiger partial charge in [-0.05, 0) is 60.2 Å². The molecule has 10 heteroatoms. The molecule has 0 spiro atoms. The van der Waals surface area contributed by atoms with E-state index in [0.29, 0.717) is 23.9 Å². The molecule has 1 amide bonds. The molecule has 4 rings (SSSR count). The lowest BCUT2D eigenvalue weighted by Crippen LogP contribution is -2.58. The van der Waals surface area contributed by atoms with Crippen LogP contribution >= 0.6 is 11.6 Å². The van der Waals surface area contributed by atoms with E-state index in [2.05, 4.69) is 27.3 Å². The lowest BCUT2D eigenvalue weighted by molar-refractivity contribution is -0.139. The second-order valence-electron chi connectivity index (χ2n) is 8.35. The number of hydrogen-bond acceptors (Lipinski definition) is 6. The second kappa shape index (κ2) is 10.3. The molecule has 0 N–H and O–H groups in total. The largest absolute Gasteiger partial charge is 0.483 e. The first-order chi connectivity index (χ1) is 15.9. The molecule has 1 aliphatic rings. The number of tetrazole rings is 1.